The molecule has 3 atom stereocenters. The first kappa shape index (κ1) is 45.5. The van der Waals surface area contributed by atoms with E-state index in [9.17, 15) is 19.7 Å². The first-order valence-corrected chi connectivity index (χ1v) is 20.7. The summed E-state index contributed by atoms with van der Waals surface area (Å²) in [4.78, 5) is 36.1. The summed E-state index contributed by atoms with van der Waals surface area (Å²) in [6.07, 6.45) is -1.20. The van der Waals surface area contributed by atoms with Crippen LogP contribution in [0.2, 0.25) is 0 Å². The molecule has 14 heteroatoms. The highest BCUT2D eigenvalue weighted by molar-refractivity contribution is 5.79. The zero-order valence-corrected chi connectivity index (χ0v) is 35.0. The third-order valence-electron chi connectivity index (χ3n) is 11.0. The first-order valence-electron chi connectivity index (χ1n) is 20.7. The van der Waals surface area contributed by atoms with Crippen molar-refractivity contribution in [3.8, 4) is 22.6 Å². The van der Waals surface area contributed by atoms with Crippen LogP contribution in [0.5, 0.6) is 11.5 Å². The zero-order chi connectivity index (χ0) is 43.6. The van der Waals surface area contributed by atoms with E-state index < -0.39 is 29.9 Å². The van der Waals surface area contributed by atoms with Gasteiger partial charge in [0, 0.05) is 19.1 Å². The van der Waals surface area contributed by atoms with Gasteiger partial charge in [0.25, 0.3) is 0 Å². The van der Waals surface area contributed by atoms with E-state index in [0.717, 1.165) is 38.9 Å². The molecule has 0 heterocycles. The largest absolute Gasteiger partial charge is 0.497 e. The Hall–Kier alpha value is -6.03. The second-order valence-electron chi connectivity index (χ2n) is 14.8. The van der Waals surface area contributed by atoms with Crippen LogP contribution in [0.3, 0.4) is 0 Å². The van der Waals surface area contributed by atoms with Crippen molar-refractivity contribution in [1.82, 2.24) is 10.9 Å². The minimum Gasteiger partial charge on any atom is -0.497 e. The number of hydrogen-bond acceptors (Lipinski definition) is 13. The number of benzene rings is 5. The summed E-state index contributed by atoms with van der Waals surface area (Å²) in [5.74, 6) is 1.31. The number of amides is 1. The number of rotatable bonds is 26. The molecular weight excluding hydrogens is 793 g/mol. The average molecular weight is 847 g/mol. The molecule has 326 valence electrons. The Bertz CT molecular complexity index is 2060. The average Bonchev–Trinajstić information content (AvgIpc) is 3.65. The summed E-state index contributed by atoms with van der Waals surface area (Å²) >= 11 is 0. The lowest BCUT2D eigenvalue weighted by molar-refractivity contribution is -0.0457. The van der Waals surface area contributed by atoms with Gasteiger partial charge in [-0.15, -0.1) is 0 Å². The van der Waals surface area contributed by atoms with Gasteiger partial charge in [0.15, 0.2) is 0 Å². The standard InChI is InChI=1S/C48H54N4O10/c1-57-38-21-16-35(17-22-38)48(34-10-4-3-5-11-34,36-18-23-39(58-2)24-19-36)62-33-46(53)45(52-56)25-20-37(51-55)26-28-59-30-31-60-29-27-49-50-47(54)61-32-44-42-14-8-6-12-40(42)41-13-7-9-15-43(41)44/h3-19,21-24,37,44-46,49,53H,20,25-33H2,1-2H3,(H,50,54)/t37?,45-,46-/m1/s1. The van der Waals surface area contributed by atoms with E-state index in [1.165, 1.54) is 0 Å². The molecule has 1 aliphatic carbocycles. The first-order chi connectivity index (χ1) is 30.4. The van der Waals surface area contributed by atoms with Crippen molar-refractivity contribution in [2.75, 3.05) is 60.4 Å². The molecule has 3 N–H and O–H groups in total. The number of nitrogens with one attached hydrogen (secondary N) is 2. The number of nitroso groups, excluding NO2 is 2. The summed E-state index contributed by atoms with van der Waals surface area (Å²) in [5.41, 5.74) is 11.1. The minimum atomic E-state index is -1.28. The number of nitrogens with zero attached hydrogens (tertiary/aromatic N) is 2. The third-order valence-corrected chi connectivity index (χ3v) is 11.0. The molecule has 1 amide bonds. The van der Waals surface area contributed by atoms with E-state index >= 15 is 0 Å². The molecule has 0 radical (unpaired) electrons. The Kier molecular flexibility index (Phi) is 17.1. The van der Waals surface area contributed by atoms with Crippen LogP contribution in [-0.4, -0.2) is 89.8 Å². The van der Waals surface area contributed by atoms with Gasteiger partial charge in [-0.3, -0.25) is 5.43 Å². The third kappa shape index (κ3) is 11.5. The monoisotopic (exact) mass is 846 g/mol. The van der Waals surface area contributed by atoms with Gasteiger partial charge in [-0.2, -0.15) is 9.81 Å². The molecular formula is C48H54N4O10. The van der Waals surface area contributed by atoms with Crippen LogP contribution < -0.4 is 20.3 Å². The highest BCUT2D eigenvalue weighted by atomic mass is 16.6. The zero-order valence-electron chi connectivity index (χ0n) is 35.0. The number of hydrogen-bond donors (Lipinski definition) is 3. The molecule has 5 aromatic rings. The van der Waals surface area contributed by atoms with E-state index in [-0.39, 0.29) is 45.2 Å². The van der Waals surface area contributed by atoms with E-state index in [1.807, 2.05) is 103 Å². The molecule has 0 aliphatic heterocycles. The molecule has 1 unspecified atom stereocenters. The second kappa shape index (κ2) is 23.3. The highest BCUT2D eigenvalue weighted by Gasteiger charge is 2.39. The van der Waals surface area contributed by atoms with E-state index in [1.54, 1.807) is 14.2 Å². The van der Waals surface area contributed by atoms with Gasteiger partial charge < -0.3 is 33.5 Å². The molecule has 0 saturated carbocycles. The molecule has 0 aromatic heterocycles. The predicted octanol–water partition coefficient (Wildman–Crippen LogP) is 7.89. The number of aliphatic hydroxyl groups excluding tert-OH is 1. The van der Waals surface area contributed by atoms with Crippen LogP contribution in [0, 0.1) is 9.81 Å². The molecule has 5 aromatic carbocycles. The van der Waals surface area contributed by atoms with Gasteiger partial charge in [0.1, 0.15) is 35.9 Å². The van der Waals surface area contributed by atoms with E-state index in [0.29, 0.717) is 37.7 Å². The number of carbonyl (C=O) groups is 1. The normalized spacial score (nSPS) is 13.6. The fraction of sp³-hybridized carbons (Fsp3) is 0.354. The Morgan fingerprint density at radius 3 is 1.77 bits per heavy atom. The van der Waals surface area contributed by atoms with Crippen LogP contribution in [0.25, 0.3) is 11.1 Å². The maximum atomic E-state index is 12.4. The lowest BCUT2D eigenvalue weighted by Crippen LogP contribution is -2.40. The molecule has 6 rings (SSSR count). The van der Waals surface area contributed by atoms with E-state index in [4.69, 9.17) is 28.4 Å². The van der Waals surface area contributed by atoms with Crippen LogP contribution in [0.1, 0.15) is 53.0 Å². The molecule has 0 fully saturated rings. The molecule has 0 saturated heterocycles. The maximum absolute atomic E-state index is 12.4. The fourth-order valence-electron chi connectivity index (χ4n) is 7.76. The van der Waals surface area contributed by atoms with Crippen molar-refractivity contribution in [3.63, 3.8) is 0 Å². The van der Waals surface area contributed by atoms with Crippen molar-refractivity contribution in [2.45, 2.75) is 49.0 Å². The smallest absolute Gasteiger partial charge is 0.421 e. The molecule has 0 bridgehead atoms. The summed E-state index contributed by atoms with van der Waals surface area (Å²) in [5, 5.41) is 17.8. The number of aliphatic hydroxyl groups is 1. The Balaban J connectivity index is 0.896. The lowest BCUT2D eigenvalue weighted by atomic mass is 9.80. The number of carbonyl (C=O) groups excluding carboxylic acids is 1. The van der Waals surface area contributed by atoms with E-state index in [2.05, 4.69) is 45.5 Å². The predicted molar refractivity (Wildman–Crippen MR) is 235 cm³/mol. The van der Waals surface area contributed by atoms with Crippen molar-refractivity contribution < 1.29 is 38.3 Å². The summed E-state index contributed by atoms with van der Waals surface area (Å²) in [6.45, 7) is 1.46. The maximum Gasteiger partial charge on any atom is 0.421 e. The number of fused-ring (bicyclic) bond motifs is 3. The molecule has 62 heavy (non-hydrogen) atoms. The van der Waals surface area contributed by atoms with Gasteiger partial charge in [-0.1, -0.05) is 113 Å². The molecule has 1 aliphatic rings. The van der Waals surface area contributed by atoms with Gasteiger partial charge in [-0.05, 0) is 82.5 Å². The van der Waals surface area contributed by atoms with Crippen LogP contribution in [0.4, 0.5) is 4.79 Å². The van der Waals surface area contributed by atoms with Gasteiger partial charge in [0.05, 0.1) is 46.7 Å². The fourth-order valence-corrected chi connectivity index (χ4v) is 7.76. The lowest BCUT2D eigenvalue weighted by Gasteiger charge is -2.37. The summed E-state index contributed by atoms with van der Waals surface area (Å²) in [7, 11) is 3.19. The highest BCUT2D eigenvalue weighted by Crippen LogP contribution is 2.45. The van der Waals surface area contributed by atoms with Crippen molar-refractivity contribution in [3.05, 3.63) is 165 Å². The SMILES string of the molecule is COc1ccc(C(OC[C@@H](O)[C@@H](CCC(CCOCCOCCNNC(=O)OCC2c3ccccc3-c3ccccc32)N=O)N=O)(c2ccccc2)c2ccc(OC)cc2)cc1. The van der Waals surface area contributed by atoms with Gasteiger partial charge in [0.2, 0.25) is 0 Å². The Morgan fingerprint density at radius 1 is 0.661 bits per heavy atom. The summed E-state index contributed by atoms with van der Waals surface area (Å²) in [6, 6.07) is 39.2. The van der Waals surface area contributed by atoms with Gasteiger partial charge >= 0.3 is 6.09 Å². The number of methoxy groups -OCH3 is 2. The summed E-state index contributed by atoms with van der Waals surface area (Å²) < 4.78 is 34.3. The number of ether oxygens (including phenoxy) is 6. The van der Waals surface area contributed by atoms with Crippen LogP contribution >= 0.6 is 0 Å². The van der Waals surface area contributed by atoms with Crippen molar-refractivity contribution in [2.24, 2.45) is 10.4 Å². The Morgan fingerprint density at radius 2 is 1.21 bits per heavy atom. The molecule has 14 nitrogen and oxygen atoms in total. The quantitative estimate of drug-likeness (QED) is 0.0214. The second-order valence-corrected chi connectivity index (χ2v) is 14.8. The Labute approximate surface area is 361 Å². The molecule has 0 spiro atoms. The topological polar surface area (TPSA) is 176 Å². The van der Waals surface area contributed by atoms with Gasteiger partial charge in [-0.25, -0.2) is 10.2 Å². The van der Waals surface area contributed by atoms with Crippen LogP contribution in [-0.2, 0) is 24.5 Å². The number of hydrazine groups is 1. The minimum absolute atomic E-state index is 0.0250. The van der Waals surface area contributed by atoms with Crippen molar-refractivity contribution in [1.29, 1.82) is 0 Å². The van der Waals surface area contributed by atoms with Crippen molar-refractivity contribution >= 4 is 6.09 Å². The van der Waals surface area contributed by atoms with Crippen LogP contribution in [0.15, 0.2) is 138 Å².